The standard InChI is InChI=1S/C40H32N2/c1-4-41-36-22-19-30(28-14-10-26(2)11-15-28)24-35(36)33-21-23-37-39(40(33)41)34-20-18-31(29-16-12-27(3)13-17-29)25-38(34)42(37)32-8-6-5-7-9-32/h4,6,8-25H,1,5,7H2,2-3H3. The fourth-order valence-corrected chi connectivity index (χ4v) is 6.72. The van der Waals surface area contributed by atoms with E-state index in [0.717, 1.165) is 12.8 Å². The molecule has 0 saturated carbocycles. The van der Waals surface area contributed by atoms with Crippen LogP contribution in [0, 0.1) is 13.8 Å². The molecule has 2 heteroatoms. The maximum atomic E-state index is 4.27. The van der Waals surface area contributed by atoms with Gasteiger partial charge in [0.2, 0.25) is 0 Å². The maximum absolute atomic E-state index is 4.27. The van der Waals surface area contributed by atoms with Crippen molar-refractivity contribution in [2.75, 3.05) is 0 Å². The summed E-state index contributed by atoms with van der Waals surface area (Å²) in [6, 6.07) is 36.0. The zero-order chi connectivity index (χ0) is 28.4. The van der Waals surface area contributed by atoms with Crippen molar-refractivity contribution in [3.05, 3.63) is 133 Å². The second kappa shape index (κ2) is 9.49. The summed E-state index contributed by atoms with van der Waals surface area (Å²) in [4.78, 5) is 0. The Hall–Kier alpha value is -5.08. The lowest BCUT2D eigenvalue weighted by Gasteiger charge is -2.13. The van der Waals surface area contributed by atoms with Crippen LogP contribution in [-0.2, 0) is 0 Å². The van der Waals surface area contributed by atoms with Crippen molar-refractivity contribution in [2.45, 2.75) is 26.7 Å². The van der Waals surface area contributed by atoms with Crippen molar-refractivity contribution in [1.82, 2.24) is 9.13 Å². The van der Waals surface area contributed by atoms with Gasteiger partial charge in [-0.3, -0.25) is 0 Å². The number of benzene rings is 5. The van der Waals surface area contributed by atoms with Gasteiger partial charge in [0.05, 0.1) is 22.1 Å². The number of fused-ring (bicyclic) bond motifs is 7. The van der Waals surface area contributed by atoms with E-state index in [1.54, 1.807) is 0 Å². The molecule has 0 fully saturated rings. The lowest BCUT2D eigenvalue weighted by atomic mass is 10.0. The summed E-state index contributed by atoms with van der Waals surface area (Å²) in [6.45, 7) is 8.55. The molecule has 7 aromatic rings. The first-order valence-electron chi connectivity index (χ1n) is 14.8. The number of hydrogen-bond donors (Lipinski definition) is 0. The Morgan fingerprint density at radius 2 is 1.21 bits per heavy atom. The van der Waals surface area contributed by atoms with Crippen LogP contribution in [0.3, 0.4) is 0 Å². The van der Waals surface area contributed by atoms with Crippen molar-refractivity contribution in [1.29, 1.82) is 0 Å². The van der Waals surface area contributed by atoms with Gasteiger partial charge in [-0.25, -0.2) is 0 Å². The lowest BCUT2D eigenvalue weighted by molar-refractivity contribution is 1.02. The molecule has 0 atom stereocenters. The number of aryl methyl sites for hydroxylation is 2. The Bertz CT molecular complexity index is 2250. The number of aromatic nitrogens is 2. The van der Waals surface area contributed by atoms with Crippen LogP contribution in [0.1, 0.15) is 24.0 Å². The van der Waals surface area contributed by atoms with E-state index in [1.165, 1.54) is 82.7 Å². The average molecular weight is 541 g/mol. The van der Waals surface area contributed by atoms with E-state index >= 15 is 0 Å². The molecule has 42 heavy (non-hydrogen) atoms. The highest BCUT2D eigenvalue weighted by atomic mass is 15.0. The minimum Gasteiger partial charge on any atom is -0.316 e. The zero-order valence-corrected chi connectivity index (χ0v) is 24.1. The topological polar surface area (TPSA) is 9.86 Å². The van der Waals surface area contributed by atoms with Crippen molar-refractivity contribution >= 4 is 55.5 Å². The third-order valence-electron chi connectivity index (χ3n) is 8.88. The summed E-state index contributed by atoms with van der Waals surface area (Å²) in [7, 11) is 0. The smallest absolute Gasteiger partial charge is 0.0635 e. The van der Waals surface area contributed by atoms with E-state index in [0.29, 0.717) is 0 Å². The second-order valence-electron chi connectivity index (χ2n) is 11.5. The van der Waals surface area contributed by atoms with Crippen molar-refractivity contribution in [3.63, 3.8) is 0 Å². The summed E-state index contributed by atoms with van der Waals surface area (Å²) >= 11 is 0. The van der Waals surface area contributed by atoms with E-state index in [2.05, 4.69) is 145 Å². The van der Waals surface area contributed by atoms with Gasteiger partial charge in [0.15, 0.2) is 0 Å². The van der Waals surface area contributed by atoms with Gasteiger partial charge >= 0.3 is 0 Å². The molecule has 0 aliphatic heterocycles. The van der Waals surface area contributed by atoms with Crippen LogP contribution in [0.2, 0.25) is 0 Å². The third-order valence-corrected chi connectivity index (χ3v) is 8.88. The van der Waals surface area contributed by atoms with Gasteiger partial charge in [-0.05, 0) is 79.3 Å². The van der Waals surface area contributed by atoms with Gasteiger partial charge < -0.3 is 9.13 Å². The van der Waals surface area contributed by atoms with Crippen molar-refractivity contribution in [2.24, 2.45) is 0 Å². The fraction of sp³-hybridized carbons (Fsp3) is 0.100. The first-order valence-corrected chi connectivity index (χ1v) is 14.8. The number of rotatable bonds is 4. The molecule has 1 aliphatic carbocycles. The van der Waals surface area contributed by atoms with Gasteiger partial charge in [-0.1, -0.05) is 103 Å². The second-order valence-corrected chi connectivity index (χ2v) is 11.5. The first kappa shape index (κ1) is 24.7. The van der Waals surface area contributed by atoms with E-state index in [4.69, 9.17) is 0 Å². The highest BCUT2D eigenvalue weighted by Crippen LogP contribution is 2.43. The van der Waals surface area contributed by atoms with Gasteiger partial charge in [0.1, 0.15) is 0 Å². The van der Waals surface area contributed by atoms with E-state index in [-0.39, 0.29) is 0 Å². The molecule has 0 bridgehead atoms. The molecule has 0 amide bonds. The van der Waals surface area contributed by atoms with Gasteiger partial charge in [0.25, 0.3) is 0 Å². The molecule has 0 unspecified atom stereocenters. The first-order chi connectivity index (χ1) is 20.6. The minimum atomic E-state index is 1.06. The molecule has 202 valence electrons. The van der Waals surface area contributed by atoms with Crippen LogP contribution >= 0.6 is 0 Å². The number of allylic oxidation sites excluding steroid dienone is 4. The van der Waals surface area contributed by atoms with Crippen LogP contribution < -0.4 is 0 Å². The van der Waals surface area contributed by atoms with Crippen molar-refractivity contribution in [3.8, 4) is 22.3 Å². The highest BCUT2D eigenvalue weighted by molar-refractivity contribution is 6.27. The van der Waals surface area contributed by atoms with Crippen LogP contribution in [0.5, 0.6) is 0 Å². The fourth-order valence-electron chi connectivity index (χ4n) is 6.72. The van der Waals surface area contributed by atoms with E-state index in [1.807, 2.05) is 6.20 Å². The molecule has 0 N–H and O–H groups in total. The minimum absolute atomic E-state index is 1.06. The Morgan fingerprint density at radius 1 is 0.595 bits per heavy atom. The molecule has 2 nitrogen and oxygen atoms in total. The normalized spacial score (nSPS) is 13.4. The molecule has 0 saturated heterocycles. The monoisotopic (exact) mass is 540 g/mol. The Kier molecular flexibility index (Phi) is 5.58. The van der Waals surface area contributed by atoms with E-state index in [9.17, 15) is 0 Å². The Morgan fingerprint density at radius 3 is 1.88 bits per heavy atom. The quantitative estimate of drug-likeness (QED) is 0.210. The maximum Gasteiger partial charge on any atom is 0.0635 e. The van der Waals surface area contributed by atoms with Gasteiger partial charge in [-0.15, -0.1) is 0 Å². The zero-order valence-electron chi connectivity index (χ0n) is 24.1. The molecule has 5 aromatic carbocycles. The molecular weight excluding hydrogens is 508 g/mol. The third kappa shape index (κ3) is 3.72. The number of hydrogen-bond acceptors (Lipinski definition) is 0. The van der Waals surface area contributed by atoms with Crippen LogP contribution in [0.4, 0.5) is 0 Å². The SMILES string of the molecule is C=Cn1c2ccc(-c3ccc(C)cc3)cc2c2ccc3c(c4ccc(-c5ccc(C)cc5)cc4n3C3=CCCC=C3)c21. The summed E-state index contributed by atoms with van der Waals surface area (Å²) < 4.78 is 4.74. The van der Waals surface area contributed by atoms with Crippen LogP contribution in [-0.4, -0.2) is 9.13 Å². The largest absolute Gasteiger partial charge is 0.316 e. The molecule has 2 aromatic heterocycles. The van der Waals surface area contributed by atoms with Crippen LogP contribution in [0.15, 0.2) is 122 Å². The number of nitrogens with zero attached hydrogens (tertiary/aromatic N) is 2. The summed E-state index contributed by atoms with van der Waals surface area (Å²) in [5, 5.41) is 5.03. The highest BCUT2D eigenvalue weighted by Gasteiger charge is 2.21. The van der Waals surface area contributed by atoms with E-state index < -0.39 is 0 Å². The average Bonchev–Trinajstić information content (AvgIpc) is 3.53. The van der Waals surface area contributed by atoms with Crippen LogP contribution in [0.25, 0.3) is 77.8 Å². The molecule has 0 radical (unpaired) electrons. The molecule has 2 heterocycles. The van der Waals surface area contributed by atoms with Gasteiger partial charge in [0, 0.05) is 33.4 Å². The Labute approximate surface area is 246 Å². The molecule has 1 aliphatic rings. The molecular formula is C40H32N2. The predicted molar refractivity (Wildman–Crippen MR) is 182 cm³/mol. The predicted octanol–water partition coefficient (Wildman–Crippen LogP) is 11.1. The Balaban J connectivity index is 1.46. The summed E-state index contributed by atoms with van der Waals surface area (Å²) in [5.74, 6) is 0. The van der Waals surface area contributed by atoms with Crippen molar-refractivity contribution < 1.29 is 0 Å². The lowest BCUT2D eigenvalue weighted by Crippen LogP contribution is -1.97. The van der Waals surface area contributed by atoms with Gasteiger partial charge in [-0.2, -0.15) is 0 Å². The molecule has 8 rings (SSSR count). The molecule has 0 spiro atoms. The summed E-state index contributed by atoms with van der Waals surface area (Å²) in [6.07, 6.45) is 11.1. The summed E-state index contributed by atoms with van der Waals surface area (Å²) in [5.41, 5.74) is 13.6.